The minimum Gasteiger partial charge on any atom is -0.316 e. The Bertz CT molecular complexity index is 156. The van der Waals surface area contributed by atoms with E-state index in [9.17, 15) is 0 Å². The van der Waals surface area contributed by atoms with Gasteiger partial charge in [0, 0.05) is 0 Å². The number of nitrogens with one attached hydrogen (secondary N) is 1. The molecule has 0 bridgehead atoms. The van der Waals surface area contributed by atoms with Crippen LogP contribution in [0, 0.1) is 17.3 Å². The summed E-state index contributed by atoms with van der Waals surface area (Å²) in [6.07, 6.45) is 7.36. The normalized spacial score (nSPS) is 46.6. The predicted octanol–water partition coefficient (Wildman–Crippen LogP) is 2.81. The molecular weight excluding hydrogens is 158 g/mol. The molecule has 76 valence electrons. The first-order valence-electron chi connectivity index (χ1n) is 5.96. The summed E-state index contributed by atoms with van der Waals surface area (Å²) in [7, 11) is 0. The molecule has 0 amide bonds. The van der Waals surface area contributed by atoms with Crippen LogP contribution in [0.1, 0.15) is 46.0 Å². The number of hydrogen-bond donors (Lipinski definition) is 1. The van der Waals surface area contributed by atoms with Gasteiger partial charge < -0.3 is 5.32 Å². The molecule has 1 heteroatoms. The van der Waals surface area contributed by atoms with Crippen LogP contribution in [-0.4, -0.2) is 13.1 Å². The van der Waals surface area contributed by atoms with E-state index in [1.807, 2.05) is 0 Å². The van der Waals surface area contributed by atoms with Crippen molar-refractivity contribution in [3.8, 4) is 0 Å². The molecule has 1 nitrogen and oxygen atoms in total. The van der Waals surface area contributed by atoms with E-state index in [0.717, 1.165) is 11.8 Å². The lowest BCUT2D eigenvalue weighted by atomic mass is 9.58. The maximum Gasteiger partial charge on any atom is -0.00177 e. The lowest BCUT2D eigenvalue weighted by Crippen LogP contribution is -2.48. The first-order valence-corrected chi connectivity index (χ1v) is 5.96. The van der Waals surface area contributed by atoms with Crippen molar-refractivity contribution in [1.29, 1.82) is 0 Å². The highest BCUT2D eigenvalue weighted by molar-refractivity contribution is 4.95. The maximum atomic E-state index is 3.53. The summed E-state index contributed by atoms with van der Waals surface area (Å²) in [4.78, 5) is 0. The summed E-state index contributed by atoms with van der Waals surface area (Å²) in [5, 5.41) is 3.53. The molecular formula is C12H23N. The molecule has 2 fully saturated rings. The summed E-state index contributed by atoms with van der Waals surface area (Å²) in [6, 6.07) is 0. The van der Waals surface area contributed by atoms with Crippen LogP contribution in [-0.2, 0) is 0 Å². The van der Waals surface area contributed by atoms with Crippen LogP contribution < -0.4 is 5.32 Å². The van der Waals surface area contributed by atoms with Crippen molar-refractivity contribution in [2.75, 3.05) is 13.1 Å². The second-order valence-electron chi connectivity index (χ2n) is 5.24. The smallest absolute Gasteiger partial charge is 0.00177 e. The lowest BCUT2D eigenvalue weighted by molar-refractivity contribution is 0.0141. The molecule has 0 radical (unpaired) electrons. The average Bonchev–Trinajstić information content (AvgIpc) is 2.15. The van der Waals surface area contributed by atoms with Crippen LogP contribution in [0.3, 0.4) is 0 Å². The first-order chi connectivity index (χ1) is 6.26. The van der Waals surface area contributed by atoms with E-state index < -0.39 is 0 Å². The Hall–Kier alpha value is -0.0400. The third-order valence-electron chi connectivity index (χ3n) is 4.71. The van der Waals surface area contributed by atoms with Gasteiger partial charge in [-0.2, -0.15) is 0 Å². The van der Waals surface area contributed by atoms with Gasteiger partial charge in [0.05, 0.1) is 0 Å². The van der Waals surface area contributed by atoms with E-state index in [2.05, 4.69) is 19.2 Å². The minimum atomic E-state index is 0.712. The Labute approximate surface area is 82.3 Å². The van der Waals surface area contributed by atoms with Crippen LogP contribution in [0.2, 0.25) is 0 Å². The molecule has 1 saturated heterocycles. The van der Waals surface area contributed by atoms with Crippen molar-refractivity contribution in [2.24, 2.45) is 17.3 Å². The quantitative estimate of drug-likeness (QED) is 0.606. The molecule has 1 saturated carbocycles. The average molecular weight is 181 g/mol. The predicted molar refractivity (Wildman–Crippen MR) is 56.7 cm³/mol. The van der Waals surface area contributed by atoms with Crippen molar-refractivity contribution < 1.29 is 0 Å². The van der Waals surface area contributed by atoms with Gasteiger partial charge in [-0.25, -0.2) is 0 Å². The molecule has 0 aromatic rings. The Morgan fingerprint density at radius 1 is 1.08 bits per heavy atom. The van der Waals surface area contributed by atoms with E-state index >= 15 is 0 Å². The third-order valence-corrected chi connectivity index (χ3v) is 4.71. The van der Waals surface area contributed by atoms with Gasteiger partial charge in [0.2, 0.25) is 0 Å². The van der Waals surface area contributed by atoms with Gasteiger partial charge >= 0.3 is 0 Å². The van der Waals surface area contributed by atoms with Crippen molar-refractivity contribution in [1.82, 2.24) is 5.32 Å². The second-order valence-corrected chi connectivity index (χ2v) is 5.24. The highest BCUT2D eigenvalue weighted by Gasteiger charge is 2.43. The molecule has 13 heavy (non-hydrogen) atoms. The van der Waals surface area contributed by atoms with Crippen molar-refractivity contribution >= 4 is 0 Å². The van der Waals surface area contributed by atoms with E-state index in [1.54, 1.807) is 0 Å². The number of hydrogen-bond acceptors (Lipinski definition) is 1. The van der Waals surface area contributed by atoms with Gasteiger partial charge in [0.1, 0.15) is 0 Å². The molecule has 1 aliphatic heterocycles. The molecule has 0 aromatic heterocycles. The molecule has 0 aromatic carbocycles. The molecule has 1 heterocycles. The fourth-order valence-corrected chi connectivity index (χ4v) is 3.63. The van der Waals surface area contributed by atoms with E-state index in [1.165, 1.54) is 45.2 Å². The zero-order valence-electron chi connectivity index (χ0n) is 9.10. The number of piperidine rings is 1. The highest BCUT2D eigenvalue weighted by atomic mass is 14.9. The molecule has 1 N–H and O–H groups in total. The van der Waals surface area contributed by atoms with Gasteiger partial charge in [0.25, 0.3) is 0 Å². The lowest BCUT2D eigenvalue weighted by Gasteiger charge is -2.50. The fraction of sp³-hybridized carbons (Fsp3) is 1.00. The highest BCUT2D eigenvalue weighted by Crippen LogP contribution is 2.49. The first kappa shape index (κ1) is 9.51. The molecule has 3 unspecified atom stereocenters. The Balaban J connectivity index is 2.13. The molecule has 3 atom stereocenters. The van der Waals surface area contributed by atoms with Gasteiger partial charge in [0.15, 0.2) is 0 Å². The Morgan fingerprint density at radius 3 is 2.62 bits per heavy atom. The molecule has 1 aliphatic carbocycles. The molecule has 2 aliphatic rings. The third kappa shape index (κ3) is 1.52. The Kier molecular flexibility index (Phi) is 2.64. The zero-order valence-corrected chi connectivity index (χ0v) is 9.10. The van der Waals surface area contributed by atoms with E-state index in [4.69, 9.17) is 0 Å². The fourth-order valence-electron chi connectivity index (χ4n) is 3.63. The molecule has 2 rings (SSSR count). The van der Waals surface area contributed by atoms with Crippen LogP contribution in [0.15, 0.2) is 0 Å². The topological polar surface area (TPSA) is 12.0 Å². The summed E-state index contributed by atoms with van der Waals surface area (Å²) >= 11 is 0. The van der Waals surface area contributed by atoms with Crippen LogP contribution in [0.5, 0.6) is 0 Å². The minimum absolute atomic E-state index is 0.712. The van der Waals surface area contributed by atoms with Crippen molar-refractivity contribution in [2.45, 2.75) is 46.0 Å². The monoisotopic (exact) mass is 181 g/mol. The van der Waals surface area contributed by atoms with Gasteiger partial charge in [-0.1, -0.05) is 33.1 Å². The summed E-state index contributed by atoms with van der Waals surface area (Å²) in [6.45, 7) is 7.45. The van der Waals surface area contributed by atoms with E-state index in [-0.39, 0.29) is 0 Å². The van der Waals surface area contributed by atoms with Crippen LogP contribution >= 0.6 is 0 Å². The summed E-state index contributed by atoms with van der Waals surface area (Å²) in [5.74, 6) is 1.87. The van der Waals surface area contributed by atoms with Crippen molar-refractivity contribution in [3.05, 3.63) is 0 Å². The van der Waals surface area contributed by atoms with Gasteiger partial charge in [-0.05, 0) is 43.2 Å². The SMILES string of the molecule is CC1CCCCC12CCNCC2C. The van der Waals surface area contributed by atoms with Crippen molar-refractivity contribution in [3.63, 3.8) is 0 Å². The van der Waals surface area contributed by atoms with Crippen LogP contribution in [0.4, 0.5) is 0 Å². The molecule has 1 spiro atoms. The maximum absolute atomic E-state index is 3.53. The van der Waals surface area contributed by atoms with Gasteiger partial charge in [-0.3, -0.25) is 0 Å². The number of rotatable bonds is 0. The Morgan fingerprint density at radius 2 is 1.92 bits per heavy atom. The zero-order chi connectivity index (χ0) is 9.31. The summed E-state index contributed by atoms with van der Waals surface area (Å²) in [5.41, 5.74) is 0.712. The van der Waals surface area contributed by atoms with Gasteiger partial charge in [-0.15, -0.1) is 0 Å². The largest absolute Gasteiger partial charge is 0.316 e. The second kappa shape index (κ2) is 3.61. The standard InChI is InChI=1S/C12H23N/c1-10-5-3-4-6-12(10)7-8-13-9-11(12)2/h10-11,13H,3-9H2,1-2H3. The van der Waals surface area contributed by atoms with E-state index in [0.29, 0.717) is 5.41 Å². The summed E-state index contributed by atoms with van der Waals surface area (Å²) < 4.78 is 0. The van der Waals surface area contributed by atoms with Crippen LogP contribution in [0.25, 0.3) is 0 Å².